The Morgan fingerprint density at radius 2 is 1.86 bits per heavy atom. The van der Waals surface area contributed by atoms with Gasteiger partial charge in [-0.05, 0) is 18.2 Å². The monoisotopic (exact) mass is 282 g/mol. The van der Waals surface area contributed by atoms with Crippen molar-refractivity contribution >= 4 is 10.8 Å². The molecule has 0 atom stereocenters. The second kappa shape index (κ2) is 5.28. The lowest BCUT2D eigenvalue weighted by Gasteiger charge is -2.12. The average Bonchev–Trinajstić information content (AvgIpc) is 2.55. The number of benzene rings is 2. The van der Waals surface area contributed by atoms with Crippen LogP contribution in [0.1, 0.15) is 0 Å². The standard InChI is InChI=1S/C16H14N2O3/c1-20-12-7-8-15(21-2)14(9-12)18-16(19)13-6-4-3-5-11(13)10-17-18/h3-10H,1-2H3. The Hall–Kier alpha value is -2.82. The number of ether oxygens (including phenoxy) is 2. The van der Waals surface area contributed by atoms with Gasteiger partial charge in [0, 0.05) is 11.5 Å². The van der Waals surface area contributed by atoms with E-state index in [-0.39, 0.29) is 5.56 Å². The predicted octanol–water partition coefficient (Wildman–Crippen LogP) is 2.40. The summed E-state index contributed by atoms with van der Waals surface area (Å²) < 4.78 is 11.8. The molecule has 0 saturated carbocycles. The molecule has 0 saturated heterocycles. The minimum Gasteiger partial charge on any atom is -0.497 e. The molecule has 0 amide bonds. The van der Waals surface area contributed by atoms with Crippen molar-refractivity contribution in [2.75, 3.05) is 14.2 Å². The Bertz CT molecular complexity index is 856. The minimum absolute atomic E-state index is 0.195. The first-order valence-electron chi connectivity index (χ1n) is 6.44. The van der Waals surface area contributed by atoms with Crippen LogP contribution in [0.3, 0.4) is 0 Å². The van der Waals surface area contributed by atoms with E-state index in [0.29, 0.717) is 22.6 Å². The Kier molecular flexibility index (Phi) is 3.31. The van der Waals surface area contributed by atoms with E-state index in [2.05, 4.69) is 5.10 Å². The molecule has 0 N–H and O–H groups in total. The molecule has 2 aromatic carbocycles. The van der Waals surface area contributed by atoms with Crippen LogP contribution in [0.4, 0.5) is 0 Å². The van der Waals surface area contributed by atoms with E-state index in [1.165, 1.54) is 4.68 Å². The molecule has 0 aliphatic carbocycles. The van der Waals surface area contributed by atoms with Gasteiger partial charge in [-0.3, -0.25) is 4.79 Å². The van der Waals surface area contributed by atoms with Crippen LogP contribution < -0.4 is 15.0 Å². The van der Waals surface area contributed by atoms with E-state index in [1.807, 2.05) is 18.2 Å². The Morgan fingerprint density at radius 1 is 1.05 bits per heavy atom. The third-order valence-corrected chi connectivity index (χ3v) is 3.31. The maximum atomic E-state index is 12.6. The number of hydrogen-bond acceptors (Lipinski definition) is 4. The Morgan fingerprint density at radius 3 is 2.62 bits per heavy atom. The van der Waals surface area contributed by atoms with E-state index >= 15 is 0 Å². The molecule has 5 heteroatoms. The van der Waals surface area contributed by atoms with Gasteiger partial charge in [0.1, 0.15) is 17.2 Å². The lowest BCUT2D eigenvalue weighted by Crippen LogP contribution is -2.21. The molecule has 0 unspecified atom stereocenters. The molecule has 0 aliphatic rings. The van der Waals surface area contributed by atoms with Gasteiger partial charge in [0.25, 0.3) is 5.56 Å². The highest BCUT2D eigenvalue weighted by Crippen LogP contribution is 2.26. The first-order chi connectivity index (χ1) is 10.2. The highest BCUT2D eigenvalue weighted by atomic mass is 16.5. The maximum Gasteiger partial charge on any atom is 0.279 e. The van der Waals surface area contributed by atoms with Gasteiger partial charge in [-0.2, -0.15) is 9.78 Å². The van der Waals surface area contributed by atoms with Crippen LogP contribution in [0, 0.1) is 0 Å². The molecule has 0 fully saturated rings. The van der Waals surface area contributed by atoms with Gasteiger partial charge < -0.3 is 9.47 Å². The van der Waals surface area contributed by atoms with Crippen molar-refractivity contribution in [2.24, 2.45) is 0 Å². The lowest BCUT2D eigenvalue weighted by molar-refractivity contribution is 0.400. The van der Waals surface area contributed by atoms with Crippen molar-refractivity contribution in [3.05, 3.63) is 59.0 Å². The van der Waals surface area contributed by atoms with E-state index in [1.54, 1.807) is 44.7 Å². The number of aromatic nitrogens is 2. The van der Waals surface area contributed by atoms with Gasteiger partial charge in [-0.25, -0.2) is 0 Å². The largest absolute Gasteiger partial charge is 0.497 e. The molecule has 21 heavy (non-hydrogen) atoms. The van der Waals surface area contributed by atoms with E-state index in [4.69, 9.17) is 9.47 Å². The summed E-state index contributed by atoms with van der Waals surface area (Å²) in [5.74, 6) is 1.19. The van der Waals surface area contributed by atoms with Crippen LogP contribution in [0.15, 0.2) is 53.5 Å². The number of hydrogen-bond donors (Lipinski definition) is 0. The normalized spacial score (nSPS) is 10.6. The Labute approximate surface area is 121 Å². The van der Waals surface area contributed by atoms with Gasteiger partial charge >= 0.3 is 0 Å². The fourth-order valence-electron chi connectivity index (χ4n) is 2.22. The van der Waals surface area contributed by atoms with Crippen LogP contribution in [-0.2, 0) is 0 Å². The molecule has 3 aromatic rings. The van der Waals surface area contributed by atoms with Crippen LogP contribution in [-0.4, -0.2) is 24.0 Å². The highest BCUT2D eigenvalue weighted by Gasteiger charge is 2.11. The smallest absolute Gasteiger partial charge is 0.279 e. The fourth-order valence-corrected chi connectivity index (χ4v) is 2.22. The van der Waals surface area contributed by atoms with Crippen LogP contribution in [0.5, 0.6) is 11.5 Å². The first-order valence-corrected chi connectivity index (χ1v) is 6.44. The topological polar surface area (TPSA) is 53.4 Å². The van der Waals surface area contributed by atoms with Gasteiger partial charge in [-0.15, -0.1) is 0 Å². The summed E-state index contributed by atoms with van der Waals surface area (Å²) in [5, 5.41) is 5.64. The van der Waals surface area contributed by atoms with Crippen molar-refractivity contribution < 1.29 is 9.47 Å². The SMILES string of the molecule is COc1ccc(OC)c(-n2ncc3ccccc3c2=O)c1. The Balaban J connectivity index is 2.30. The van der Waals surface area contributed by atoms with Crippen molar-refractivity contribution in [3.8, 4) is 17.2 Å². The molecular formula is C16H14N2O3. The summed E-state index contributed by atoms with van der Waals surface area (Å²) in [6.45, 7) is 0. The molecule has 0 spiro atoms. The lowest BCUT2D eigenvalue weighted by atomic mass is 10.2. The number of fused-ring (bicyclic) bond motifs is 1. The van der Waals surface area contributed by atoms with Crippen molar-refractivity contribution in [2.45, 2.75) is 0 Å². The zero-order valence-electron chi connectivity index (χ0n) is 11.7. The molecule has 1 heterocycles. The quantitative estimate of drug-likeness (QED) is 0.740. The van der Waals surface area contributed by atoms with Crippen molar-refractivity contribution in [3.63, 3.8) is 0 Å². The predicted molar refractivity (Wildman–Crippen MR) is 80.4 cm³/mol. The summed E-state index contributed by atoms with van der Waals surface area (Å²) in [6.07, 6.45) is 1.66. The minimum atomic E-state index is -0.195. The first kappa shape index (κ1) is 13.2. The summed E-state index contributed by atoms with van der Waals surface area (Å²) in [7, 11) is 3.12. The third-order valence-electron chi connectivity index (χ3n) is 3.31. The molecule has 3 rings (SSSR count). The number of methoxy groups -OCH3 is 2. The molecule has 0 radical (unpaired) electrons. The summed E-state index contributed by atoms with van der Waals surface area (Å²) in [6, 6.07) is 12.6. The molecule has 106 valence electrons. The molecule has 0 aliphatic heterocycles. The van der Waals surface area contributed by atoms with Gasteiger partial charge in [0.15, 0.2) is 0 Å². The molecule has 5 nitrogen and oxygen atoms in total. The second-order valence-corrected chi connectivity index (χ2v) is 4.49. The molecular weight excluding hydrogens is 268 g/mol. The van der Waals surface area contributed by atoms with Crippen LogP contribution in [0.2, 0.25) is 0 Å². The van der Waals surface area contributed by atoms with Crippen LogP contribution >= 0.6 is 0 Å². The summed E-state index contributed by atoms with van der Waals surface area (Å²) in [5.41, 5.74) is 0.354. The maximum absolute atomic E-state index is 12.6. The average molecular weight is 282 g/mol. The van der Waals surface area contributed by atoms with Crippen molar-refractivity contribution in [1.29, 1.82) is 0 Å². The summed E-state index contributed by atoms with van der Waals surface area (Å²) in [4.78, 5) is 12.6. The van der Waals surface area contributed by atoms with Gasteiger partial charge in [-0.1, -0.05) is 18.2 Å². The third kappa shape index (κ3) is 2.23. The molecule has 1 aromatic heterocycles. The van der Waals surface area contributed by atoms with Gasteiger partial charge in [0.05, 0.1) is 25.8 Å². The van der Waals surface area contributed by atoms with E-state index in [0.717, 1.165) is 5.39 Å². The summed E-state index contributed by atoms with van der Waals surface area (Å²) >= 11 is 0. The highest BCUT2D eigenvalue weighted by molar-refractivity contribution is 5.80. The zero-order chi connectivity index (χ0) is 14.8. The fraction of sp³-hybridized carbons (Fsp3) is 0.125. The van der Waals surface area contributed by atoms with Crippen molar-refractivity contribution in [1.82, 2.24) is 9.78 Å². The van der Waals surface area contributed by atoms with Gasteiger partial charge in [0.2, 0.25) is 0 Å². The zero-order valence-corrected chi connectivity index (χ0v) is 11.7. The second-order valence-electron chi connectivity index (χ2n) is 4.49. The van der Waals surface area contributed by atoms with E-state index < -0.39 is 0 Å². The van der Waals surface area contributed by atoms with Crippen LogP contribution in [0.25, 0.3) is 16.5 Å². The molecule has 0 bridgehead atoms. The number of rotatable bonds is 3. The van der Waals surface area contributed by atoms with E-state index in [9.17, 15) is 4.79 Å². The number of nitrogens with zero attached hydrogens (tertiary/aromatic N) is 2.